The van der Waals surface area contributed by atoms with Crippen LogP contribution >= 0.6 is 11.6 Å². The topological polar surface area (TPSA) is 35.0 Å². The highest BCUT2D eigenvalue weighted by Gasteiger charge is 2.38. The molecule has 0 unspecified atom stereocenters. The molecule has 3 nitrogen and oxygen atoms in total. The van der Waals surface area contributed by atoms with Crippen LogP contribution in [-0.4, -0.2) is 9.97 Å². The lowest BCUT2D eigenvalue weighted by Crippen LogP contribution is -2.23. The molecular formula is C34H26ClF5N2O. The molecule has 0 aliphatic carbocycles. The van der Waals surface area contributed by atoms with E-state index in [4.69, 9.17) is 16.3 Å². The third kappa shape index (κ3) is 7.03. The summed E-state index contributed by atoms with van der Waals surface area (Å²) in [6, 6.07) is 16.8. The standard InChI is InChI=1S/C34H26ClF5N2O/c1-2-3-4-5-21-19-41-33(42-20-21)24-9-15-29(32(38)17-24)34(39,40)43-26-12-14-28(31(37)18-26)23-8-13-27(30(36)16-23)22-6-10-25(35)11-7-22/h6-20H,2-5H2,1H3. The van der Waals surface area contributed by atoms with Crippen molar-refractivity contribution in [1.82, 2.24) is 9.97 Å². The van der Waals surface area contributed by atoms with Crippen molar-refractivity contribution in [3.8, 4) is 39.4 Å². The van der Waals surface area contributed by atoms with E-state index in [1.807, 2.05) is 0 Å². The van der Waals surface area contributed by atoms with E-state index >= 15 is 8.78 Å². The summed E-state index contributed by atoms with van der Waals surface area (Å²) in [5.74, 6) is -3.08. The zero-order valence-electron chi connectivity index (χ0n) is 23.1. The molecule has 4 aromatic carbocycles. The van der Waals surface area contributed by atoms with Gasteiger partial charge in [-0.05, 0) is 72.0 Å². The first-order chi connectivity index (χ1) is 20.6. The van der Waals surface area contributed by atoms with Crippen LogP contribution in [0.25, 0.3) is 33.6 Å². The van der Waals surface area contributed by atoms with Crippen molar-refractivity contribution in [1.29, 1.82) is 0 Å². The maximum Gasteiger partial charge on any atom is 0.429 e. The van der Waals surface area contributed by atoms with Crippen LogP contribution in [0.4, 0.5) is 22.0 Å². The van der Waals surface area contributed by atoms with Crippen molar-refractivity contribution in [2.75, 3.05) is 0 Å². The number of benzene rings is 4. The molecule has 1 aromatic heterocycles. The first-order valence-electron chi connectivity index (χ1n) is 13.7. The van der Waals surface area contributed by atoms with E-state index in [1.165, 1.54) is 24.3 Å². The van der Waals surface area contributed by atoms with Crippen molar-refractivity contribution in [3.63, 3.8) is 0 Å². The molecule has 43 heavy (non-hydrogen) atoms. The van der Waals surface area contributed by atoms with Crippen molar-refractivity contribution in [3.05, 3.63) is 125 Å². The lowest BCUT2D eigenvalue weighted by molar-refractivity contribution is -0.187. The molecule has 0 atom stereocenters. The summed E-state index contributed by atoms with van der Waals surface area (Å²) in [7, 11) is 0. The minimum Gasteiger partial charge on any atom is -0.429 e. The van der Waals surface area contributed by atoms with E-state index in [-0.39, 0.29) is 22.5 Å². The summed E-state index contributed by atoms with van der Waals surface area (Å²) in [6.45, 7) is 2.11. The van der Waals surface area contributed by atoms with Crippen LogP contribution in [0.2, 0.25) is 5.02 Å². The van der Waals surface area contributed by atoms with Crippen LogP contribution in [0.15, 0.2) is 91.3 Å². The Balaban J connectivity index is 1.31. The predicted molar refractivity (Wildman–Crippen MR) is 157 cm³/mol. The summed E-state index contributed by atoms with van der Waals surface area (Å²) in [4.78, 5) is 8.47. The Labute approximate surface area is 251 Å². The van der Waals surface area contributed by atoms with E-state index in [0.29, 0.717) is 16.1 Å². The maximum atomic E-state index is 15.0. The molecule has 0 saturated carbocycles. The fourth-order valence-corrected chi connectivity index (χ4v) is 4.77. The zero-order chi connectivity index (χ0) is 30.6. The number of nitrogens with zero attached hydrogens (tertiary/aromatic N) is 2. The van der Waals surface area contributed by atoms with Crippen LogP contribution in [0, 0.1) is 17.5 Å². The number of aryl methyl sites for hydroxylation is 1. The molecule has 1 heterocycles. The summed E-state index contributed by atoms with van der Waals surface area (Å²) >= 11 is 5.89. The van der Waals surface area contributed by atoms with E-state index in [1.54, 1.807) is 36.7 Å². The largest absolute Gasteiger partial charge is 0.429 e. The van der Waals surface area contributed by atoms with Gasteiger partial charge in [0.1, 0.15) is 23.2 Å². The quantitative estimate of drug-likeness (QED) is 0.117. The highest BCUT2D eigenvalue weighted by Crippen LogP contribution is 2.37. The maximum absolute atomic E-state index is 15.0. The van der Waals surface area contributed by atoms with Crippen LogP contribution in [-0.2, 0) is 12.5 Å². The molecule has 5 rings (SSSR count). The van der Waals surface area contributed by atoms with Gasteiger partial charge in [-0.25, -0.2) is 23.1 Å². The van der Waals surface area contributed by atoms with E-state index in [2.05, 4.69) is 16.9 Å². The highest BCUT2D eigenvalue weighted by molar-refractivity contribution is 6.30. The Kier molecular flexibility index (Phi) is 9.06. The van der Waals surface area contributed by atoms with Gasteiger partial charge in [-0.3, -0.25) is 0 Å². The van der Waals surface area contributed by atoms with E-state index < -0.39 is 34.9 Å². The second-order valence-corrected chi connectivity index (χ2v) is 10.5. The number of ether oxygens (including phenoxy) is 1. The fraction of sp³-hybridized carbons (Fsp3) is 0.176. The lowest BCUT2D eigenvalue weighted by atomic mass is 9.99. The Morgan fingerprint density at radius 2 is 1.30 bits per heavy atom. The fourth-order valence-electron chi connectivity index (χ4n) is 4.64. The monoisotopic (exact) mass is 608 g/mol. The number of unbranched alkanes of at least 4 members (excludes halogenated alkanes) is 2. The number of alkyl halides is 2. The third-order valence-electron chi connectivity index (χ3n) is 6.94. The van der Waals surface area contributed by atoms with Gasteiger partial charge in [0.25, 0.3) is 0 Å². The first-order valence-corrected chi connectivity index (χ1v) is 14.1. The van der Waals surface area contributed by atoms with Crippen molar-refractivity contribution in [2.45, 2.75) is 38.7 Å². The summed E-state index contributed by atoms with van der Waals surface area (Å²) in [6.07, 6.45) is 3.15. The normalized spacial score (nSPS) is 11.5. The van der Waals surface area contributed by atoms with Gasteiger partial charge in [0.05, 0.1) is 5.56 Å². The average Bonchev–Trinajstić information content (AvgIpc) is 2.98. The van der Waals surface area contributed by atoms with Gasteiger partial charge in [0, 0.05) is 40.2 Å². The van der Waals surface area contributed by atoms with E-state index in [9.17, 15) is 13.2 Å². The molecule has 0 bridgehead atoms. The number of hydrogen-bond acceptors (Lipinski definition) is 3. The lowest BCUT2D eigenvalue weighted by Gasteiger charge is -2.19. The minimum atomic E-state index is -4.12. The van der Waals surface area contributed by atoms with Gasteiger partial charge in [-0.1, -0.05) is 61.7 Å². The summed E-state index contributed by atoms with van der Waals surface area (Å²) in [5.41, 5.74) is 1.18. The van der Waals surface area contributed by atoms with Gasteiger partial charge in [-0.2, -0.15) is 8.78 Å². The van der Waals surface area contributed by atoms with Gasteiger partial charge >= 0.3 is 6.11 Å². The van der Waals surface area contributed by atoms with Gasteiger partial charge in [-0.15, -0.1) is 0 Å². The third-order valence-corrected chi connectivity index (χ3v) is 7.19. The van der Waals surface area contributed by atoms with Crippen LogP contribution < -0.4 is 4.74 Å². The van der Waals surface area contributed by atoms with Gasteiger partial charge in [0.15, 0.2) is 5.82 Å². The summed E-state index contributed by atoms with van der Waals surface area (Å²) < 4.78 is 79.5. The molecule has 9 heteroatoms. The van der Waals surface area contributed by atoms with Crippen LogP contribution in [0.1, 0.15) is 37.3 Å². The highest BCUT2D eigenvalue weighted by atomic mass is 35.5. The molecule has 0 saturated heterocycles. The number of halogens is 6. The first kappa shape index (κ1) is 30.2. The second-order valence-electron chi connectivity index (χ2n) is 10.0. The minimum absolute atomic E-state index is 0.0239. The van der Waals surface area contributed by atoms with Crippen LogP contribution in [0.5, 0.6) is 5.75 Å². The van der Waals surface area contributed by atoms with Crippen molar-refractivity contribution >= 4 is 11.6 Å². The Morgan fingerprint density at radius 3 is 1.95 bits per heavy atom. The molecule has 220 valence electrons. The molecule has 0 N–H and O–H groups in total. The smallest absolute Gasteiger partial charge is 0.429 e. The molecule has 5 aromatic rings. The summed E-state index contributed by atoms with van der Waals surface area (Å²) in [5, 5.41) is 0.503. The number of aromatic nitrogens is 2. The number of hydrogen-bond donors (Lipinski definition) is 0. The van der Waals surface area contributed by atoms with Gasteiger partial charge < -0.3 is 4.74 Å². The van der Waals surface area contributed by atoms with Crippen LogP contribution in [0.3, 0.4) is 0 Å². The second kappa shape index (κ2) is 12.9. The molecule has 0 amide bonds. The van der Waals surface area contributed by atoms with Crippen molar-refractivity contribution in [2.24, 2.45) is 0 Å². The molecule has 0 aliphatic rings. The number of rotatable bonds is 10. The Hall–Kier alpha value is -4.30. The average molecular weight is 609 g/mol. The predicted octanol–water partition coefficient (Wildman–Crippen LogP) is 10.4. The van der Waals surface area contributed by atoms with Crippen molar-refractivity contribution < 1.29 is 26.7 Å². The molecular weight excluding hydrogens is 583 g/mol. The zero-order valence-corrected chi connectivity index (χ0v) is 23.8. The molecule has 0 aliphatic heterocycles. The Bertz CT molecular complexity index is 1730. The Morgan fingerprint density at radius 1 is 0.698 bits per heavy atom. The molecule has 0 fully saturated rings. The molecule has 0 radical (unpaired) electrons. The van der Waals surface area contributed by atoms with E-state index in [0.717, 1.165) is 61.6 Å². The van der Waals surface area contributed by atoms with Gasteiger partial charge in [0.2, 0.25) is 0 Å². The SMILES string of the molecule is CCCCCc1cnc(-c2ccc(C(F)(F)Oc3ccc(-c4ccc(-c5ccc(Cl)cc5)c(F)c4)c(F)c3)c(F)c2)nc1. The molecule has 0 spiro atoms.